The fourth-order valence-electron chi connectivity index (χ4n) is 2.66. The normalized spacial score (nSPS) is 11.9. The monoisotopic (exact) mass is 375 g/mol. The lowest BCUT2D eigenvalue weighted by Gasteiger charge is -2.09. The SMILES string of the molecule is Cc1cc(C)cc(NS(=O)(=O)c2cn(C(C)C)nc2-c2cccs2)c1. The molecule has 1 N–H and O–H groups in total. The van der Waals surface area contributed by atoms with Gasteiger partial charge in [-0.2, -0.15) is 5.10 Å². The summed E-state index contributed by atoms with van der Waals surface area (Å²) < 4.78 is 30.4. The number of aryl methyl sites for hydroxylation is 2. The Hall–Kier alpha value is -2.12. The Kier molecular flexibility index (Phi) is 4.71. The molecule has 1 aromatic carbocycles. The number of hydrogen-bond acceptors (Lipinski definition) is 4. The van der Waals surface area contributed by atoms with Crippen molar-refractivity contribution in [2.24, 2.45) is 0 Å². The number of anilines is 1. The van der Waals surface area contributed by atoms with Crippen LogP contribution >= 0.6 is 11.3 Å². The van der Waals surface area contributed by atoms with Crippen LogP contribution in [0.5, 0.6) is 0 Å². The summed E-state index contributed by atoms with van der Waals surface area (Å²) in [5, 5.41) is 6.42. The first kappa shape index (κ1) is 17.7. The van der Waals surface area contributed by atoms with Gasteiger partial charge in [0.2, 0.25) is 0 Å². The molecule has 3 rings (SSSR count). The molecule has 0 bridgehead atoms. The van der Waals surface area contributed by atoms with E-state index in [-0.39, 0.29) is 10.9 Å². The predicted octanol–water partition coefficient (Wildman–Crippen LogP) is 4.61. The Morgan fingerprint density at radius 2 is 1.84 bits per heavy atom. The molecule has 0 radical (unpaired) electrons. The molecule has 3 aromatic rings. The van der Waals surface area contributed by atoms with Crippen molar-refractivity contribution >= 4 is 27.0 Å². The summed E-state index contributed by atoms with van der Waals surface area (Å²) >= 11 is 1.47. The van der Waals surface area contributed by atoms with Gasteiger partial charge in [0, 0.05) is 17.9 Å². The average molecular weight is 376 g/mol. The fourth-order valence-corrected chi connectivity index (χ4v) is 4.64. The maximum absolute atomic E-state index is 13.0. The first-order valence-electron chi connectivity index (χ1n) is 8.00. The van der Waals surface area contributed by atoms with E-state index in [4.69, 9.17) is 0 Å². The van der Waals surface area contributed by atoms with Crippen molar-refractivity contribution in [2.45, 2.75) is 38.6 Å². The second kappa shape index (κ2) is 6.65. The summed E-state index contributed by atoms with van der Waals surface area (Å²) in [7, 11) is -3.74. The Labute approximate surface area is 152 Å². The summed E-state index contributed by atoms with van der Waals surface area (Å²) in [5.74, 6) is 0. The van der Waals surface area contributed by atoms with Crippen LogP contribution in [-0.4, -0.2) is 18.2 Å². The second-order valence-electron chi connectivity index (χ2n) is 6.37. The highest BCUT2D eigenvalue weighted by molar-refractivity contribution is 7.92. The second-order valence-corrected chi connectivity index (χ2v) is 8.97. The minimum absolute atomic E-state index is 0.0730. The molecule has 0 amide bonds. The van der Waals surface area contributed by atoms with Gasteiger partial charge in [-0.1, -0.05) is 12.1 Å². The third kappa shape index (κ3) is 3.77. The van der Waals surface area contributed by atoms with E-state index in [1.165, 1.54) is 11.3 Å². The number of hydrogen-bond donors (Lipinski definition) is 1. The molecule has 0 unspecified atom stereocenters. The Bertz CT molecular complexity index is 967. The van der Waals surface area contributed by atoms with E-state index in [0.717, 1.165) is 16.0 Å². The molecule has 0 aliphatic rings. The first-order chi connectivity index (χ1) is 11.8. The zero-order valence-corrected chi connectivity index (χ0v) is 16.3. The summed E-state index contributed by atoms with van der Waals surface area (Å²) in [6.45, 7) is 7.83. The summed E-state index contributed by atoms with van der Waals surface area (Å²) in [6.07, 6.45) is 1.60. The number of rotatable bonds is 5. The number of sulfonamides is 1. The molecular weight excluding hydrogens is 354 g/mol. The fraction of sp³-hybridized carbons (Fsp3) is 0.278. The molecule has 2 aromatic heterocycles. The van der Waals surface area contributed by atoms with E-state index in [9.17, 15) is 8.42 Å². The lowest BCUT2D eigenvalue weighted by molar-refractivity contribution is 0.532. The smallest absolute Gasteiger partial charge is 0.265 e. The first-order valence-corrected chi connectivity index (χ1v) is 10.4. The lowest BCUT2D eigenvalue weighted by Crippen LogP contribution is -2.13. The van der Waals surface area contributed by atoms with Crippen LogP contribution in [-0.2, 0) is 10.0 Å². The van der Waals surface area contributed by atoms with Gasteiger partial charge in [0.05, 0.1) is 4.88 Å². The van der Waals surface area contributed by atoms with Crippen molar-refractivity contribution in [1.29, 1.82) is 0 Å². The topological polar surface area (TPSA) is 64.0 Å². The van der Waals surface area contributed by atoms with Crippen molar-refractivity contribution in [3.63, 3.8) is 0 Å². The highest BCUT2D eigenvalue weighted by Crippen LogP contribution is 2.31. The van der Waals surface area contributed by atoms with Crippen molar-refractivity contribution in [1.82, 2.24) is 9.78 Å². The number of benzene rings is 1. The zero-order valence-electron chi connectivity index (χ0n) is 14.6. The van der Waals surface area contributed by atoms with Gasteiger partial charge in [-0.25, -0.2) is 8.42 Å². The highest BCUT2D eigenvalue weighted by atomic mass is 32.2. The van der Waals surface area contributed by atoms with E-state index in [1.807, 2.05) is 63.4 Å². The number of nitrogens with one attached hydrogen (secondary N) is 1. The molecule has 0 saturated carbocycles. The van der Waals surface area contributed by atoms with Crippen molar-refractivity contribution in [2.75, 3.05) is 4.72 Å². The van der Waals surface area contributed by atoms with Crippen molar-refractivity contribution < 1.29 is 8.42 Å². The molecule has 0 saturated heterocycles. The Balaban J connectivity index is 2.07. The van der Waals surface area contributed by atoms with Gasteiger partial charge in [0.1, 0.15) is 10.6 Å². The van der Waals surface area contributed by atoms with Crippen LogP contribution in [0.1, 0.15) is 31.0 Å². The van der Waals surface area contributed by atoms with Gasteiger partial charge in [-0.15, -0.1) is 11.3 Å². The van der Waals surface area contributed by atoms with Crippen molar-refractivity contribution in [3.8, 4) is 10.6 Å². The zero-order chi connectivity index (χ0) is 18.2. The van der Waals surface area contributed by atoms with Gasteiger partial charge >= 0.3 is 0 Å². The van der Waals surface area contributed by atoms with Crippen LogP contribution in [0.4, 0.5) is 5.69 Å². The molecule has 7 heteroatoms. The molecule has 5 nitrogen and oxygen atoms in total. The number of nitrogens with zero attached hydrogens (tertiary/aromatic N) is 2. The summed E-state index contributed by atoms with van der Waals surface area (Å²) in [4.78, 5) is 1.03. The molecule has 25 heavy (non-hydrogen) atoms. The van der Waals surface area contributed by atoms with E-state index >= 15 is 0 Å². The third-order valence-electron chi connectivity index (χ3n) is 3.75. The third-order valence-corrected chi connectivity index (χ3v) is 6.00. The van der Waals surface area contributed by atoms with Gasteiger partial charge in [-0.05, 0) is 62.4 Å². The maximum Gasteiger partial charge on any atom is 0.265 e. The molecule has 0 atom stereocenters. The molecule has 0 fully saturated rings. The Morgan fingerprint density at radius 3 is 2.40 bits per heavy atom. The molecule has 0 aliphatic carbocycles. The predicted molar refractivity (Wildman–Crippen MR) is 103 cm³/mol. The number of thiophene rings is 1. The van der Waals surface area contributed by atoms with Crippen LogP contribution < -0.4 is 4.72 Å². The largest absolute Gasteiger partial charge is 0.279 e. The molecule has 0 spiro atoms. The molecular formula is C18H21N3O2S2. The summed E-state index contributed by atoms with van der Waals surface area (Å²) in [5.41, 5.74) is 3.07. The van der Waals surface area contributed by atoms with Gasteiger partial charge in [0.15, 0.2) is 0 Å². The molecule has 132 valence electrons. The highest BCUT2D eigenvalue weighted by Gasteiger charge is 2.25. The van der Waals surface area contributed by atoms with Crippen LogP contribution in [0.3, 0.4) is 0 Å². The van der Waals surface area contributed by atoms with Gasteiger partial charge < -0.3 is 0 Å². The quantitative estimate of drug-likeness (QED) is 0.708. The minimum atomic E-state index is -3.74. The van der Waals surface area contributed by atoms with E-state index < -0.39 is 10.0 Å². The van der Waals surface area contributed by atoms with Gasteiger partial charge in [0.25, 0.3) is 10.0 Å². The van der Waals surface area contributed by atoms with Crippen LogP contribution in [0, 0.1) is 13.8 Å². The maximum atomic E-state index is 13.0. The van der Waals surface area contributed by atoms with Crippen molar-refractivity contribution in [3.05, 3.63) is 53.0 Å². The van der Waals surface area contributed by atoms with Crippen LogP contribution in [0.2, 0.25) is 0 Å². The van der Waals surface area contributed by atoms with E-state index in [1.54, 1.807) is 10.9 Å². The van der Waals surface area contributed by atoms with E-state index in [2.05, 4.69) is 9.82 Å². The van der Waals surface area contributed by atoms with Crippen LogP contribution in [0.15, 0.2) is 46.8 Å². The lowest BCUT2D eigenvalue weighted by atomic mass is 10.1. The average Bonchev–Trinajstić information content (AvgIpc) is 3.15. The molecule has 2 heterocycles. The Morgan fingerprint density at radius 1 is 1.16 bits per heavy atom. The molecule has 0 aliphatic heterocycles. The van der Waals surface area contributed by atoms with Gasteiger partial charge in [-0.3, -0.25) is 9.40 Å². The van der Waals surface area contributed by atoms with Crippen LogP contribution in [0.25, 0.3) is 10.6 Å². The standard InChI is InChI=1S/C18H21N3O2S2/c1-12(2)21-11-17(18(19-21)16-6-5-7-24-16)25(22,23)20-15-9-13(3)8-14(4)10-15/h5-12,20H,1-4H3. The van der Waals surface area contributed by atoms with E-state index in [0.29, 0.717) is 11.4 Å². The summed E-state index contributed by atoms with van der Waals surface area (Å²) in [6, 6.07) is 9.50. The number of aromatic nitrogens is 2. The minimum Gasteiger partial charge on any atom is -0.279 e.